The van der Waals surface area contributed by atoms with Crippen molar-refractivity contribution >= 4 is 46.6 Å². The summed E-state index contributed by atoms with van der Waals surface area (Å²) in [6, 6.07) is 23.3. The number of pyridine rings is 1. The van der Waals surface area contributed by atoms with E-state index in [1.165, 1.54) is 11.8 Å². The van der Waals surface area contributed by atoms with Gasteiger partial charge in [-0.05, 0) is 59.2 Å². The van der Waals surface area contributed by atoms with E-state index in [0.29, 0.717) is 15.8 Å². The summed E-state index contributed by atoms with van der Waals surface area (Å²) in [6.07, 6.45) is 2.61. The Balaban J connectivity index is 1.37. The molecule has 1 amide bonds. The number of carbonyl (C=O) groups is 1. The first-order valence-corrected chi connectivity index (χ1v) is 13.1. The molecule has 2 heterocycles. The molecule has 8 heteroatoms. The molecule has 5 nitrogen and oxygen atoms in total. The number of phenolic OH excluding ortho intramolecular Hbond substituents is 1. The average Bonchev–Trinajstić information content (AvgIpc) is 2.88. The van der Waals surface area contributed by atoms with Crippen molar-refractivity contribution < 1.29 is 15.0 Å². The van der Waals surface area contributed by atoms with Crippen LogP contribution >= 0.6 is 35.0 Å². The highest BCUT2D eigenvalue weighted by atomic mass is 35.5. The lowest BCUT2D eigenvalue weighted by Gasteiger charge is -2.47. The van der Waals surface area contributed by atoms with E-state index < -0.39 is 6.10 Å². The molecule has 0 unspecified atom stereocenters. The number of phenols is 1. The maximum Gasteiger partial charge on any atom is 0.243 e. The van der Waals surface area contributed by atoms with Crippen LogP contribution in [0.3, 0.4) is 0 Å². The maximum absolute atomic E-state index is 13.3. The number of amides is 1. The highest BCUT2D eigenvalue weighted by molar-refractivity contribution is 8.00. The second-order valence-electron chi connectivity index (χ2n) is 8.50. The number of aliphatic hydroxyl groups excluding tert-OH is 1. The molecule has 182 valence electrons. The molecule has 5 rings (SSSR count). The van der Waals surface area contributed by atoms with Crippen LogP contribution < -0.4 is 4.90 Å². The van der Waals surface area contributed by atoms with Crippen molar-refractivity contribution in [2.45, 2.75) is 17.4 Å². The largest absolute Gasteiger partial charge is 0.508 e. The quantitative estimate of drug-likeness (QED) is 0.257. The first-order chi connectivity index (χ1) is 17.4. The van der Waals surface area contributed by atoms with E-state index in [9.17, 15) is 15.0 Å². The lowest BCUT2D eigenvalue weighted by atomic mass is 9.92. The van der Waals surface area contributed by atoms with Crippen LogP contribution in [0.1, 0.15) is 23.3 Å². The zero-order valence-corrected chi connectivity index (χ0v) is 21.3. The van der Waals surface area contributed by atoms with Gasteiger partial charge in [0.25, 0.3) is 0 Å². The van der Waals surface area contributed by atoms with Gasteiger partial charge in [0.15, 0.2) is 0 Å². The molecule has 0 radical (unpaired) electrons. The second-order valence-corrected chi connectivity index (χ2v) is 10.6. The Morgan fingerprint density at radius 1 is 0.889 bits per heavy atom. The third-order valence-corrected chi connectivity index (χ3v) is 7.94. The summed E-state index contributed by atoms with van der Waals surface area (Å²) in [5.41, 5.74) is 4.27. The van der Waals surface area contributed by atoms with E-state index >= 15 is 0 Å². The molecule has 1 aliphatic rings. The van der Waals surface area contributed by atoms with Gasteiger partial charge in [0.1, 0.15) is 11.0 Å². The van der Waals surface area contributed by atoms with Gasteiger partial charge in [0, 0.05) is 34.4 Å². The summed E-state index contributed by atoms with van der Waals surface area (Å²) in [6.45, 7) is 0. The molecule has 3 atom stereocenters. The van der Waals surface area contributed by atoms with Crippen molar-refractivity contribution in [3.05, 3.63) is 112 Å². The Morgan fingerprint density at radius 2 is 1.58 bits per heavy atom. The van der Waals surface area contributed by atoms with Gasteiger partial charge in [-0.2, -0.15) is 0 Å². The molecule has 36 heavy (non-hydrogen) atoms. The zero-order chi connectivity index (χ0) is 25.2. The molecule has 4 aromatic rings. The van der Waals surface area contributed by atoms with E-state index in [-0.39, 0.29) is 22.9 Å². The number of aromatic hydroxyl groups is 1. The molecule has 0 aliphatic carbocycles. The van der Waals surface area contributed by atoms with Crippen molar-refractivity contribution in [2.24, 2.45) is 0 Å². The number of aliphatic hydroxyl groups is 1. The van der Waals surface area contributed by atoms with Crippen LogP contribution in [0.15, 0.2) is 91.3 Å². The van der Waals surface area contributed by atoms with E-state index in [0.717, 1.165) is 27.9 Å². The van der Waals surface area contributed by atoms with Crippen LogP contribution in [-0.2, 0) is 4.79 Å². The standard InChI is InChI=1S/C28H22Cl2N2O3S/c29-21-7-1-18(2-8-21)25(34)16-36-27-26(19-5-11-24(33)12-6-19)32(28(27)35)23-9-3-17(4-10-23)20-13-22(30)15-31-14-20/h1-15,25-27,33-34H,16H2/t25-,26+,27+/m0/s1. The van der Waals surface area contributed by atoms with Crippen molar-refractivity contribution in [1.29, 1.82) is 0 Å². The molecule has 0 saturated carbocycles. The molecular formula is C28H22Cl2N2O3S. The fourth-order valence-corrected chi connectivity index (χ4v) is 5.87. The summed E-state index contributed by atoms with van der Waals surface area (Å²) < 4.78 is 0. The van der Waals surface area contributed by atoms with Gasteiger partial charge in [-0.25, -0.2) is 0 Å². The van der Waals surface area contributed by atoms with Gasteiger partial charge in [0.2, 0.25) is 5.91 Å². The molecule has 1 aliphatic heterocycles. The van der Waals surface area contributed by atoms with Gasteiger partial charge >= 0.3 is 0 Å². The Morgan fingerprint density at radius 3 is 2.25 bits per heavy atom. The number of β-lactam (4-membered cyclic amide) rings is 1. The summed E-state index contributed by atoms with van der Waals surface area (Å²) in [5, 5.41) is 21.2. The predicted octanol–water partition coefficient (Wildman–Crippen LogP) is 6.68. The van der Waals surface area contributed by atoms with Crippen molar-refractivity contribution in [3.63, 3.8) is 0 Å². The molecule has 1 fully saturated rings. The lowest BCUT2D eigenvalue weighted by Crippen LogP contribution is -2.57. The Hall–Kier alpha value is -3.03. The Labute approximate surface area is 223 Å². The molecule has 3 aromatic carbocycles. The van der Waals surface area contributed by atoms with Gasteiger partial charge in [-0.15, -0.1) is 11.8 Å². The number of hydrogen-bond acceptors (Lipinski definition) is 5. The average molecular weight is 537 g/mol. The van der Waals surface area contributed by atoms with E-state index in [1.54, 1.807) is 53.7 Å². The Bertz CT molecular complexity index is 1370. The number of benzene rings is 3. The minimum Gasteiger partial charge on any atom is -0.508 e. The Kier molecular flexibility index (Phi) is 7.21. The van der Waals surface area contributed by atoms with Crippen LogP contribution in [0.2, 0.25) is 10.0 Å². The molecule has 2 N–H and O–H groups in total. The summed E-state index contributed by atoms with van der Waals surface area (Å²) in [5.74, 6) is 0.498. The molecule has 1 aromatic heterocycles. The highest BCUT2D eigenvalue weighted by Gasteiger charge is 2.49. The smallest absolute Gasteiger partial charge is 0.243 e. The molecule has 0 spiro atoms. The van der Waals surface area contributed by atoms with Crippen molar-refractivity contribution in [2.75, 3.05) is 10.7 Å². The fourth-order valence-electron chi connectivity index (χ4n) is 4.27. The zero-order valence-electron chi connectivity index (χ0n) is 19.0. The first-order valence-electron chi connectivity index (χ1n) is 11.3. The minimum absolute atomic E-state index is 0.0291. The molecular weight excluding hydrogens is 515 g/mol. The number of rotatable bonds is 7. The number of carbonyl (C=O) groups excluding carboxylic acids is 1. The number of thioether (sulfide) groups is 1. The van der Waals surface area contributed by atoms with Crippen LogP contribution in [-0.4, -0.2) is 32.1 Å². The second kappa shape index (κ2) is 10.5. The normalized spacial score (nSPS) is 18.1. The third-order valence-electron chi connectivity index (χ3n) is 6.15. The number of nitrogens with zero attached hydrogens (tertiary/aromatic N) is 2. The molecule has 1 saturated heterocycles. The van der Waals surface area contributed by atoms with Crippen LogP contribution in [0.4, 0.5) is 5.69 Å². The summed E-state index contributed by atoms with van der Waals surface area (Å²) in [7, 11) is 0. The fraction of sp³-hybridized carbons (Fsp3) is 0.143. The summed E-state index contributed by atoms with van der Waals surface area (Å²) >= 11 is 13.5. The number of anilines is 1. The SMILES string of the molecule is O=C1[C@H](SC[C@H](O)c2ccc(Cl)cc2)[C@@H](c2ccc(O)cc2)N1c1ccc(-c2cncc(Cl)c2)cc1. The van der Waals surface area contributed by atoms with Gasteiger partial charge in [0.05, 0.1) is 17.2 Å². The van der Waals surface area contributed by atoms with Crippen LogP contribution in [0.5, 0.6) is 5.75 Å². The van der Waals surface area contributed by atoms with Gasteiger partial charge in [-0.3, -0.25) is 9.78 Å². The van der Waals surface area contributed by atoms with E-state index in [4.69, 9.17) is 23.2 Å². The number of hydrogen-bond donors (Lipinski definition) is 2. The third kappa shape index (κ3) is 5.08. The maximum atomic E-state index is 13.3. The monoisotopic (exact) mass is 536 g/mol. The number of aromatic nitrogens is 1. The van der Waals surface area contributed by atoms with Crippen LogP contribution in [0.25, 0.3) is 11.1 Å². The minimum atomic E-state index is -0.722. The van der Waals surface area contributed by atoms with Gasteiger partial charge < -0.3 is 15.1 Å². The number of halogens is 2. The van der Waals surface area contributed by atoms with E-state index in [1.807, 2.05) is 42.5 Å². The first kappa shape index (κ1) is 24.7. The topological polar surface area (TPSA) is 73.7 Å². The van der Waals surface area contributed by atoms with E-state index in [2.05, 4.69) is 4.98 Å². The summed E-state index contributed by atoms with van der Waals surface area (Å²) in [4.78, 5) is 19.2. The molecule has 0 bridgehead atoms. The van der Waals surface area contributed by atoms with Gasteiger partial charge in [-0.1, -0.05) is 59.6 Å². The van der Waals surface area contributed by atoms with Crippen LogP contribution in [0, 0.1) is 0 Å². The van der Waals surface area contributed by atoms with Crippen molar-refractivity contribution in [3.8, 4) is 16.9 Å². The highest BCUT2D eigenvalue weighted by Crippen LogP contribution is 2.46. The lowest BCUT2D eigenvalue weighted by molar-refractivity contribution is -0.123. The van der Waals surface area contributed by atoms with Crippen molar-refractivity contribution in [1.82, 2.24) is 4.98 Å². The predicted molar refractivity (Wildman–Crippen MR) is 146 cm³/mol.